The first kappa shape index (κ1) is 20.8. The number of aliphatic hydroxyl groups is 1. The van der Waals surface area contributed by atoms with Gasteiger partial charge in [0.25, 0.3) is 11.7 Å². The minimum absolute atomic E-state index is 0.0671. The molecule has 6 nitrogen and oxygen atoms in total. The highest BCUT2D eigenvalue weighted by Crippen LogP contribution is 2.43. The zero-order chi connectivity index (χ0) is 22.3. The highest BCUT2D eigenvalue weighted by atomic mass is 35.5. The van der Waals surface area contributed by atoms with E-state index in [4.69, 9.17) is 20.8 Å². The molecule has 2 aromatic carbocycles. The normalized spacial score (nSPS) is 17.9. The maximum absolute atomic E-state index is 13.1. The van der Waals surface area contributed by atoms with Gasteiger partial charge in [-0.25, -0.2) is 0 Å². The summed E-state index contributed by atoms with van der Waals surface area (Å²) in [5.41, 5.74) is 2.81. The van der Waals surface area contributed by atoms with Crippen molar-refractivity contribution < 1.29 is 23.8 Å². The maximum Gasteiger partial charge on any atom is 0.300 e. The predicted molar refractivity (Wildman–Crippen MR) is 117 cm³/mol. The minimum atomic E-state index is -0.918. The molecule has 0 saturated carbocycles. The SMILES string of the molecule is COc1cc(/C(O)=C2/C(=O)C(=O)N(c3ccc(C)c(C)c3)C2c2ccco2)ccc1Cl. The molecule has 4 rings (SSSR count). The molecule has 0 aliphatic carbocycles. The maximum atomic E-state index is 13.1. The van der Waals surface area contributed by atoms with Gasteiger partial charge in [0.2, 0.25) is 0 Å². The van der Waals surface area contributed by atoms with Gasteiger partial charge in [-0.3, -0.25) is 14.5 Å². The minimum Gasteiger partial charge on any atom is -0.507 e. The molecule has 3 aromatic rings. The third kappa shape index (κ3) is 3.49. The van der Waals surface area contributed by atoms with E-state index in [1.807, 2.05) is 26.0 Å². The number of ether oxygens (including phenoxy) is 1. The van der Waals surface area contributed by atoms with Gasteiger partial charge in [0, 0.05) is 11.3 Å². The average Bonchev–Trinajstić information content (AvgIpc) is 3.37. The predicted octanol–water partition coefficient (Wildman–Crippen LogP) is 5.18. The topological polar surface area (TPSA) is 80.0 Å². The third-order valence-electron chi connectivity index (χ3n) is 5.45. The number of benzene rings is 2. The molecule has 1 N–H and O–H groups in total. The Morgan fingerprint density at radius 1 is 1.10 bits per heavy atom. The lowest BCUT2D eigenvalue weighted by atomic mass is 9.99. The van der Waals surface area contributed by atoms with E-state index in [9.17, 15) is 14.7 Å². The molecule has 1 atom stereocenters. The van der Waals surface area contributed by atoms with E-state index in [-0.39, 0.29) is 11.3 Å². The number of hydrogen-bond donors (Lipinski definition) is 1. The van der Waals surface area contributed by atoms with Crippen LogP contribution >= 0.6 is 11.6 Å². The first-order chi connectivity index (χ1) is 14.8. The van der Waals surface area contributed by atoms with Crippen molar-refractivity contribution in [1.82, 2.24) is 0 Å². The Bertz CT molecular complexity index is 1210. The number of nitrogens with zero attached hydrogens (tertiary/aromatic N) is 1. The van der Waals surface area contributed by atoms with Crippen molar-refractivity contribution in [3.05, 3.63) is 87.8 Å². The van der Waals surface area contributed by atoms with Crippen molar-refractivity contribution in [3.63, 3.8) is 0 Å². The van der Waals surface area contributed by atoms with Gasteiger partial charge in [-0.2, -0.15) is 0 Å². The van der Waals surface area contributed by atoms with E-state index in [2.05, 4.69) is 0 Å². The summed E-state index contributed by atoms with van der Waals surface area (Å²) in [5.74, 6) is -1.18. The quantitative estimate of drug-likeness (QED) is 0.345. The largest absolute Gasteiger partial charge is 0.507 e. The van der Waals surface area contributed by atoms with Crippen LogP contribution in [0.4, 0.5) is 5.69 Å². The lowest BCUT2D eigenvalue weighted by molar-refractivity contribution is -0.132. The fourth-order valence-corrected chi connectivity index (χ4v) is 3.85. The number of aliphatic hydroxyl groups excluding tert-OH is 1. The van der Waals surface area contributed by atoms with Crippen LogP contribution in [0, 0.1) is 13.8 Å². The molecule has 1 saturated heterocycles. The van der Waals surface area contributed by atoms with Gasteiger partial charge >= 0.3 is 0 Å². The Balaban J connectivity index is 1.93. The summed E-state index contributed by atoms with van der Waals surface area (Å²) in [5, 5.41) is 11.5. The highest BCUT2D eigenvalue weighted by Gasteiger charge is 2.48. The Labute approximate surface area is 184 Å². The number of halogens is 1. The Morgan fingerprint density at radius 2 is 1.87 bits per heavy atom. The van der Waals surface area contributed by atoms with Crippen LogP contribution in [0.25, 0.3) is 5.76 Å². The zero-order valence-corrected chi connectivity index (χ0v) is 17.9. The summed E-state index contributed by atoms with van der Waals surface area (Å²) < 4.78 is 10.8. The number of rotatable bonds is 4. The van der Waals surface area contributed by atoms with Crippen molar-refractivity contribution in [1.29, 1.82) is 0 Å². The molecule has 0 radical (unpaired) electrons. The van der Waals surface area contributed by atoms with Gasteiger partial charge in [-0.15, -0.1) is 0 Å². The second-order valence-corrected chi connectivity index (χ2v) is 7.71. The zero-order valence-electron chi connectivity index (χ0n) is 17.2. The number of carbonyl (C=O) groups excluding carboxylic acids is 2. The Kier molecular flexibility index (Phi) is 5.33. The number of hydrogen-bond acceptors (Lipinski definition) is 5. The van der Waals surface area contributed by atoms with E-state index in [1.165, 1.54) is 24.3 Å². The molecule has 1 aromatic heterocycles. The fourth-order valence-electron chi connectivity index (χ4n) is 3.65. The van der Waals surface area contributed by atoms with Gasteiger partial charge in [-0.1, -0.05) is 17.7 Å². The molecular weight excluding hydrogens is 418 g/mol. The number of amides is 1. The lowest BCUT2D eigenvalue weighted by Gasteiger charge is -2.24. The van der Waals surface area contributed by atoms with Crippen molar-refractivity contribution in [3.8, 4) is 5.75 Å². The second kappa shape index (κ2) is 7.96. The van der Waals surface area contributed by atoms with Gasteiger partial charge in [0.05, 0.1) is 24.0 Å². The van der Waals surface area contributed by atoms with E-state index < -0.39 is 17.7 Å². The van der Waals surface area contributed by atoms with Gasteiger partial charge in [0.1, 0.15) is 23.3 Å². The number of furan rings is 1. The Morgan fingerprint density at radius 3 is 2.52 bits per heavy atom. The molecule has 0 spiro atoms. The molecule has 31 heavy (non-hydrogen) atoms. The lowest BCUT2D eigenvalue weighted by Crippen LogP contribution is -2.29. The van der Waals surface area contributed by atoms with Gasteiger partial charge in [0.15, 0.2) is 0 Å². The number of carbonyl (C=O) groups is 2. The summed E-state index contributed by atoms with van der Waals surface area (Å²) in [4.78, 5) is 27.5. The van der Waals surface area contributed by atoms with Crippen LogP contribution in [-0.2, 0) is 9.59 Å². The van der Waals surface area contributed by atoms with Crippen molar-refractivity contribution >= 4 is 34.7 Å². The summed E-state index contributed by atoms with van der Waals surface area (Å²) >= 11 is 6.09. The Hall–Kier alpha value is -3.51. The number of anilines is 1. The van der Waals surface area contributed by atoms with E-state index >= 15 is 0 Å². The highest BCUT2D eigenvalue weighted by molar-refractivity contribution is 6.51. The molecule has 158 valence electrons. The van der Waals surface area contributed by atoms with Crippen LogP contribution in [0.15, 0.2) is 64.8 Å². The number of ketones is 1. The van der Waals surface area contributed by atoms with Gasteiger partial charge in [-0.05, 0) is 67.4 Å². The van der Waals surface area contributed by atoms with Crippen LogP contribution in [0.1, 0.15) is 28.5 Å². The molecular formula is C24H20ClNO5. The summed E-state index contributed by atoms with van der Waals surface area (Å²) in [6.45, 7) is 3.89. The van der Waals surface area contributed by atoms with E-state index in [0.717, 1.165) is 11.1 Å². The summed E-state index contributed by atoms with van der Waals surface area (Å²) in [7, 11) is 1.45. The molecule has 7 heteroatoms. The molecule has 1 aliphatic heterocycles. The van der Waals surface area contributed by atoms with Crippen molar-refractivity contribution in [2.45, 2.75) is 19.9 Å². The van der Waals surface area contributed by atoms with Crippen LogP contribution < -0.4 is 9.64 Å². The average molecular weight is 438 g/mol. The smallest absolute Gasteiger partial charge is 0.300 e. The molecule has 1 unspecified atom stereocenters. The van der Waals surface area contributed by atoms with E-state index in [0.29, 0.717) is 27.8 Å². The third-order valence-corrected chi connectivity index (χ3v) is 5.76. The van der Waals surface area contributed by atoms with Gasteiger partial charge < -0.3 is 14.3 Å². The molecule has 1 fully saturated rings. The number of aryl methyl sites for hydroxylation is 2. The van der Waals surface area contributed by atoms with Crippen LogP contribution in [0.5, 0.6) is 5.75 Å². The number of methoxy groups -OCH3 is 1. The monoisotopic (exact) mass is 437 g/mol. The first-order valence-corrected chi connectivity index (χ1v) is 9.97. The van der Waals surface area contributed by atoms with Crippen molar-refractivity contribution in [2.24, 2.45) is 0 Å². The standard InChI is InChI=1S/C24H20ClNO5/c1-13-6-8-16(11-14(13)2)26-21(18-5-4-10-31-18)20(23(28)24(26)29)22(27)15-7-9-17(25)19(12-15)30-3/h4-12,21,27H,1-3H3/b22-20-. The molecule has 0 bridgehead atoms. The first-order valence-electron chi connectivity index (χ1n) is 9.59. The van der Waals surface area contributed by atoms with E-state index in [1.54, 1.807) is 30.3 Å². The summed E-state index contributed by atoms with van der Waals surface area (Å²) in [6.07, 6.45) is 1.46. The number of Topliss-reactive ketones (excluding diaryl/α,β-unsaturated/α-hetero) is 1. The van der Waals surface area contributed by atoms with Crippen LogP contribution in [-0.4, -0.2) is 23.9 Å². The van der Waals surface area contributed by atoms with Crippen molar-refractivity contribution in [2.75, 3.05) is 12.0 Å². The second-order valence-electron chi connectivity index (χ2n) is 7.30. The molecule has 1 aliphatic rings. The van der Waals surface area contributed by atoms with Crippen LogP contribution in [0.3, 0.4) is 0 Å². The van der Waals surface area contributed by atoms with Crippen LogP contribution in [0.2, 0.25) is 5.02 Å². The molecule has 2 heterocycles. The summed E-state index contributed by atoms with van der Waals surface area (Å²) in [6, 6.07) is 12.5. The molecule has 1 amide bonds. The fraction of sp³-hybridized carbons (Fsp3) is 0.167.